The predicted molar refractivity (Wildman–Crippen MR) is 166 cm³/mol. The summed E-state index contributed by atoms with van der Waals surface area (Å²) in [6.07, 6.45) is 14.1. The average Bonchev–Trinajstić information content (AvgIpc) is 2.96. The van der Waals surface area contributed by atoms with Crippen LogP contribution in [0, 0.1) is 5.92 Å². The highest BCUT2D eigenvalue weighted by Gasteiger charge is 2.14. The molecule has 2 aliphatic rings. The third kappa shape index (κ3) is 13.2. The Balaban J connectivity index is 0.000000282. The molecule has 2 aromatic rings. The van der Waals surface area contributed by atoms with Gasteiger partial charge in [0.2, 0.25) is 0 Å². The second kappa shape index (κ2) is 20.9. The Morgan fingerprint density at radius 3 is 1.95 bits per heavy atom. The molecule has 1 aliphatic heterocycles. The Labute approximate surface area is 243 Å². The van der Waals surface area contributed by atoms with Crippen LogP contribution < -0.4 is 22.5 Å². The fourth-order valence-electron chi connectivity index (χ4n) is 5.12. The van der Waals surface area contributed by atoms with E-state index in [4.69, 9.17) is 25.8 Å². The van der Waals surface area contributed by atoms with Gasteiger partial charge in [0.15, 0.2) is 6.29 Å². The Morgan fingerprint density at radius 2 is 1.43 bits per heavy atom. The van der Waals surface area contributed by atoms with Crippen molar-refractivity contribution in [3.8, 4) is 11.1 Å². The van der Waals surface area contributed by atoms with Gasteiger partial charge in [0.05, 0.1) is 12.3 Å². The maximum atomic E-state index is 6.11. The molecule has 1 heterocycles. The number of ether oxygens (including phenoxy) is 3. The van der Waals surface area contributed by atoms with Gasteiger partial charge in [-0.3, -0.25) is 5.84 Å². The Hall–Kier alpha value is -1.84. The minimum atomic E-state index is -0.412. The van der Waals surface area contributed by atoms with Gasteiger partial charge in [0.1, 0.15) is 0 Å². The van der Waals surface area contributed by atoms with Crippen molar-refractivity contribution in [1.82, 2.24) is 11.0 Å². The monoisotopic (exact) mass is 556 g/mol. The molecule has 40 heavy (non-hydrogen) atoms. The summed E-state index contributed by atoms with van der Waals surface area (Å²) in [5.41, 5.74) is 15.4. The molecule has 226 valence electrons. The number of hydrogen-bond acceptors (Lipinski definition) is 7. The third-order valence-electron chi connectivity index (χ3n) is 7.47. The van der Waals surface area contributed by atoms with Gasteiger partial charge >= 0.3 is 0 Å². The lowest BCUT2D eigenvalue weighted by atomic mass is 9.93. The van der Waals surface area contributed by atoms with Crippen LogP contribution in [0.3, 0.4) is 0 Å². The van der Waals surface area contributed by atoms with Crippen LogP contribution in [0.2, 0.25) is 0 Å². The largest absolute Gasteiger partial charge is 0.379 e. The van der Waals surface area contributed by atoms with Gasteiger partial charge < -0.3 is 19.9 Å². The minimum Gasteiger partial charge on any atom is -0.379 e. The number of benzene rings is 2. The van der Waals surface area contributed by atoms with Crippen molar-refractivity contribution >= 4 is 0 Å². The molecule has 7 heteroatoms. The maximum Gasteiger partial charge on any atom is 0.183 e. The topological polar surface area (TPSA) is 104 Å². The third-order valence-corrected chi connectivity index (χ3v) is 7.47. The van der Waals surface area contributed by atoms with Crippen LogP contribution in [0.4, 0.5) is 0 Å². The quantitative estimate of drug-likeness (QED) is 0.146. The molecule has 2 atom stereocenters. The molecule has 4 rings (SSSR count). The van der Waals surface area contributed by atoms with Gasteiger partial charge in [-0.15, -0.1) is 0 Å². The molecule has 2 aromatic carbocycles. The van der Waals surface area contributed by atoms with E-state index < -0.39 is 6.17 Å². The molecule has 0 aromatic heterocycles. The lowest BCUT2D eigenvalue weighted by Crippen LogP contribution is -2.44. The van der Waals surface area contributed by atoms with Gasteiger partial charge in [0.25, 0.3) is 0 Å². The highest BCUT2D eigenvalue weighted by atomic mass is 16.7. The van der Waals surface area contributed by atoms with E-state index in [0.29, 0.717) is 19.3 Å². The fraction of sp³-hybridized carbons (Fsp3) is 0.636. The first-order valence-electron chi connectivity index (χ1n) is 15.5. The van der Waals surface area contributed by atoms with Crippen LogP contribution in [-0.2, 0) is 14.2 Å². The summed E-state index contributed by atoms with van der Waals surface area (Å²) in [5.74, 6) is 6.32. The van der Waals surface area contributed by atoms with Crippen molar-refractivity contribution in [3.63, 3.8) is 0 Å². The summed E-state index contributed by atoms with van der Waals surface area (Å²) in [6.45, 7) is 10.6. The van der Waals surface area contributed by atoms with E-state index in [9.17, 15) is 0 Å². The standard InChI is InChI=1S/C18H26N4O2.C9H18.C6H12O/c1-3-23-18(24-4-2)14-11-9-13(10-12-14)15-7-5-6-8-16(15)17(19)21-22-20;1-9-7-5-3-2-4-6-8-9;1-6-4-2-3-5-7-6/h5-12,17-18,21-22H,3-4,19-20H2,1-2H3;9H,2-8H2,1H3;6H,2-5H2,1H3. The zero-order valence-corrected chi connectivity index (χ0v) is 25.5. The van der Waals surface area contributed by atoms with Crippen molar-refractivity contribution in [2.75, 3.05) is 19.8 Å². The van der Waals surface area contributed by atoms with Crippen LogP contribution in [0.15, 0.2) is 48.5 Å². The molecule has 7 nitrogen and oxygen atoms in total. The first-order valence-corrected chi connectivity index (χ1v) is 15.5. The average molecular weight is 557 g/mol. The molecule has 2 unspecified atom stereocenters. The first-order chi connectivity index (χ1) is 19.5. The number of nitrogens with one attached hydrogen (secondary N) is 2. The smallest absolute Gasteiger partial charge is 0.183 e. The van der Waals surface area contributed by atoms with Crippen molar-refractivity contribution in [1.29, 1.82) is 0 Å². The molecular formula is C33H56N4O3. The second-order valence-corrected chi connectivity index (χ2v) is 10.8. The zero-order chi connectivity index (χ0) is 29.0. The number of nitrogens with two attached hydrogens (primary N) is 2. The van der Waals surface area contributed by atoms with Gasteiger partial charge in [-0.1, -0.05) is 100 Å². The van der Waals surface area contributed by atoms with Gasteiger partial charge in [-0.2, -0.15) is 5.53 Å². The summed E-state index contributed by atoms with van der Waals surface area (Å²) in [6, 6.07) is 16.1. The molecule has 1 saturated heterocycles. The summed E-state index contributed by atoms with van der Waals surface area (Å²) in [4.78, 5) is 0. The van der Waals surface area contributed by atoms with Crippen LogP contribution in [0.5, 0.6) is 0 Å². The van der Waals surface area contributed by atoms with Crippen LogP contribution in [0.1, 0.15) is 115 Å². The molecule has 1 aliphatic carbocycles. The van der Waals surface area contributed by atoms with Crippen LogP contribution >= 0.6 is 0 Å². The number of rotatable bonds is 9. The normalized spacial score (nSPS) is 18.9. The fourth-order valence-corrected chi connectivity index (χ4v) is 5.12. The summed E-state index contributed by atoms with van der Waals surface area (Å²) in [5, 5.41) is 0. The highest BCUT2D eigenvalue weighted by molar-refractivity contribution is 5.68. The molecule has 2 fully saturated rings. The van der Waals surface area contributed by atoms with E-state index in [1.807, 2.05) is 62.4 Å². The van der Waals surface area contributed by atoms with E-state index in [1.165, 1.54) is 64.2 Å². The van der Waals surface area contributed by atoms with Crippen molar-refractivity contribution < 1.29 is 14.2 Å². The SMILES string of the molecule is CC1CCCCCCC1.CC1CCCCO1.CCOC(OCC)c1ccc(-c2ccccc2C(N)NNN)cc1. The Morgan fingerprint density at radius 1 is 0.825 bits per heavy atom. The van der Waals surface area contributed by atoms with E-state index in [0.717, 1.165) is 34.8 Å². The molecule has 0 bridgehead atoms. The number of hydrazine groups is 2. The van der Waals surface area contributed by atoms with E-state index >= 15 is 0 Å². The first kappa shape index (κ1) is 34.4. The van der Waals surface area contributed by atoms with E-state index in [1.54, 1.807) is 0 Å². The van der Waals surface area contributed by atoms with Gasteiger partial charge in [-0.05, 0) is 62.6 Å². The lowest BCUT2D eigenvalue weighted by Gasteiger charge is -2.19. The van der Waals surface area contributed by atoms with Crippen molar-refractivity contribution in [2.24, 2.45) is 17.5 Å². The van der Waals surface area contributed by atoms with E-state index in [2.05, 4.69) is 24.8 Å². The molecular weight excluding hydrogens is 500 g/mol. The van der Waals surface area contributed by atoms with E-state index in [-0.39, 0.29) is 6.29 Å². The molecule has 0 spiro atoms. The summed E-state index contributed by atoms with van der Waals surface area (Å²) < 4.78 is 16.5. The summed E-state index contributed by atoms with van der Waals surface area (Å²) >= 11 is 0. The maximum absolute atomic E-state index is 6.11. The summed E-state index contributed by atoms with van der Waals surface area (Å²) in [7, 11) is 0. The highest BCUT2D eigenvalue weighted by Crippen LogP contribution is 2.28. The minimum absolute atomic E-state index is 0.338. The van der Waals surface area contributed by atoms with Gasteiger partial charge in [-0.25, -0.2) is 5.43 Å². The van der Waals surface area contributed by atoms with Crippen molar-refractivity contribution in [3.05, 3.63) is 59.7 Å². The van der Waals surface area contributed by atoms with Crippen molar-refractivity contribution in [2.45, 2.75) is 110 Å². The lowest BCUT2D eigenvalue weighted by molar-refractivity contribution is -0.140. The second-order valence-electron chi connectivity index (χ2n) is 10.8. The Bertz CT molecular complexity index is 876. The molecule has 1 saturated carbocycles. The molecule has 6 N–H and O–H groups in total. The Kier molecular flexibility index (Phi) is 18.0. The number of hydrogen-bond donors (Lipinski definition) is 4. The zero-order valence-electron chi connectivity index (χ0n) is 25.5. The molecule has 0 radical (unpaired) electrons. The van der Waals surface area contributed by atoms with Crippen LogP contribution in [-0.4, -0.2) is 25.9 Å². The van der Waals surface area contributed by atoms with Crippen LogP contribution in [0.25, 0.3) is 11.1 Å². The van der Waals surface area contributed by atoms with Gasteiger partial charge in [0, 0.05) is 25.4 Å². The predicted octanol–water partition coefficient (Wildman–Crippen LogP) is 7.29. The molecule has 0 amide bonds.